The quantitative estimate of drug-likeness (QED) is 0.636. The Kier molecular flexibility index (Phi) is 5.12. The Morgan fingerprint density at radius 2 is 1.42 bits per heavy atom. The number of hydrogen-bond acceptors (Lipinski definition) is 5. The summed E-state index contributed by atoms with van der Waals surface area (Å²) in [6.07, 6.45) is 0. The molecule has 0 spiro atoms. The Morgan fingerprint density at radius 3 is 1.95 bits per heavy atom. The van der Waals surface area contributed by atoms with Gasteiger partial charge in [-0.15, -0.1) is 0 Å². The van der Waals surface area contributed by atoms with Gasteiger partial charge in [-0.1, -0.05) is 0 Å². The monoisotopic (exact) mass is 270 g/mol. The zero-order valence-corrected chi connectivity index (χ0v) is 11.2. The SMILES string of the molecule is NC(=O)CN1CCN(CC(=O)N2CCOCC2)CC1. The highest BCUT2D eigenvalue weighted by molar-refractivity contribution is 5.78. The van der Waals surface area contributed by atoms with Gasteiger partial charge in [-0.05, 0) is 0 Å². The molecule has 0 aliphatic carbocycles. The van der Waals surface area contributed by atoms with Gasteiger partial charge in [0, 0.05) is 39.3 Å². The molecular formula is C12H22N4O3. The van der Waals surface area contributed by atoms with E-state index in [0.29, 0.717) is 39.4 Å². The van der Waals surface area contributed by atoms with Gasteiger partial charge in [-0.3, -0.25) is 19.4 Å². The van der Waals surface area contributed by atoms with Gasteiger partial charge in [-0.2, -0.15) is 0 Å². The summed E-state index contributed by atoms with van der Waals surface area (Å²) in [5.41, 5.74) is 5.17. The van der Waals surface area contributed by atoms with Crippen LogP contribution in [0.2, 0.25) is 0 Å². The van der Waals surface area contributed by atoms with Crippen molar-refractivity contribution >= 4 is 11.8 Å². The standard InChI is InChI=1S/C12H22N4O3/c13-11(17)9-14-1-3-15(4-2-14)10-12(18)16-5-7-19-8-6-16/h1-10H2,(H2,13,17). The van der Waals surface area contributed by atoms with Crippen molar-refractivity contribution in [3.8, 4) is 0 Å². The lowest BCUT2D eigenvalue weighted by atomic mass is 10.3. The van der Waals surface area contributed by atoms with Crippen LogP contribution in [0.1, 0.15) is 0 Å². The third-order valence-corrected chi connectivity index (χ3v) is 3.57. The van der Waals surface area contributed by atoms with Gasteiger partial charge >= 0.3 is 0 Å². The summed E-state index contributed by atoms with van der Waals surface area (Å²) in [5.74, 6) is -0.121. The second kappa shape index (κ2) is 6.83. The summed E-state index contributed by atoms with van der Waals surface area (Å²) in [4.78, 5) is 28.9. The van der Waals surface area contributed by atoms with Gasteiger partial charge in [-0.25, -0.2) is 0 Å². The fourth-order valence-electron chi connectivity index (χ4n) is 2.43. The summed E-state index contributed by atoms with van der Waals surface area (Å²) in [5, 5.41) is 0. The average molecular weight is 270 g/mol. The predicted octanol–water partition coefficient (Wildman–Crippen LogP) is -2.05. The number of ether oxygens (including phenoxy) is 1. The van der Waals surface area contributed by atoms with Crippen molar-refractivity contribution in [1.82, 2.24) is 14.7 Å². The van der Waals surface area contributed by atoms with E-state index in [-0.39, 0.29) is 11.8 Å². The molecule has 2 amide bonds. The van der Waals surface area contributed by atoms with E-state index >= 15 is 0 Å². The number of carbonyl (C=O) groups is 2. The first-order valence-electron chi connectivity index (χ1n) is 6.73. The first-order chi connectivity index (χ1) is 9.15. The number of piperazine rings is 1. The Hall–Kier alpha value is -1.18. The van der Waals surface area contributed by atoms with E-state index < -0.39 is 0 Å². The van der Waals surface area contributed by atoms with Crippen LogP contribution in [0.25, 0.3) is 0 Å². The zero-order valence-electron chi connectivity index (χ0n) is 11.2. The summed E-state index contributed by atoms with van der Waals surface area (Å²) in [6.45, 7) is 6.64. The molecule has 7 nitrogen and oxygen atoms in total. The van der Waals surface area contributed by atoms with Crippen molar-refractivity contribution in [1.29, 1.82) is 0 Å². The number of hydrogen-bond donors (Lipinski definition) is 1. The fraction of sp³-hybridized carbons (Fsp3) is 0.833. The molecule has 2 fully saturated rings. The third-order valence-electron chi connectivity index (χ3n) is 3.57. The lowest BCUT2D eigenvalue weighted by molar-refractivity contribution is -0.137. The fourth-order valence-corrected chi connectivity index (χ4v) is 2.43. The van der Waals surface area contributed by atoms with Crippen LogP contribution >= 0.6 is 0 Å². The number of nitrogens with two attached hydrogens (primary N) is 1. The Bertz CT molecular complexity index is 323. The molecule has 0 unspecified atom stereocenters. The minimum Gasteiger partial charge on any atom is -0.378 e. The van der Waals surface area contributed by atoms with E-state index in [0.717, 1.165) is 26.2 Å². The van der Waals surface area contributed by atoms with Crippen LogP contribution in [0.4, 0.5) is 0 Å². The molecule has 0 aromatic heterocycles. The topological polar surface area (TPSA) is 79.1 Å². The smallest absolute Gasteiger partial charge is 0.236 e. The number of morpholine rings is 1. The molecule has 19 heavy (non-hydrogen) atoms. The van der Waals surface area contributed by atoms with Crippen molar-refractivity contribution in [2.45, 2.75) is 0 Å². The van der Waals surface area contributed by atoms with Gasteiger partial charge in [0.15, 0.2) is 0 Å². The molecule has 0 bridgehead atoms. The molecule has 108 valence electrons. The predicted molar refractivity (Wildman–Crippen MR) is 69.5 cm³/mol. The van der Waals surface area contributed by atoms with Gasteiger partial charge in [0.25, 0.3) is 0 Å². The van der Waals surface area contributed by atoms with Crippen LogP contribution < -0.4 is 5.73 Å². The molecule has 0 saturated carbocycles. The highest BCUT2D eigenvalue weighted by Gasteiger charge is 2.23. The van der Waals surface area contributed by atoms with E-state index in [1.807, 2.05) is 9.80 Å². The molecule has 0 aromatic rings. The van der Waals surface area contributed by atoms with Crippen LogP contribution in [0.5, 0.6) is 0 Å². The van der Waals surface area contributed by atoms with Crippen molar-refractivity contribution in [3.63, 3.8) is 0 Å². The molecule has 0 radical (unpaired) electrons. The van der Waals surface area contributed by atoms with Crippen LogP contribution in [0, 0.1) is 0 Å². The zero-order chi connectivity index (χ0) is 13.7. The van der Waals surface area contributed by atoms with Crippen LogP contribution in [0.15, 0.2) is 0 Å². The summed E-state index contributed by atoms with van der Waals surface area (Å²) < 4.78 is 5.23. The third kappa shape index (κ3) is 4.45. The summed E-state index contributed by atoms with van der Waals surface area (Å²) in [6, 6.07) is 0. The highest BCUT2D eigenvalue weighted by Crippen LogP contribution is 2.04. The highest BCUT2D eigenvalue weighted by atomic mass is 16.5. The molecule has 2 saturated heterocycles. The van der Waals surface area contributed by atoms with Crippen molar-refractivity contribution < 1.29 is 14.3 Å². The average Bonchev–Trinajstić information content (AvgIpc) is 2.41. The normalized spacial score (nSPS) is 22.4. The second-order valence-corrected chi connectivity index (χ2v) is 5.01. The van der Waals surface area contributed by atoms with Crippen molar-refractivity contribution in [2.75, 3.05) is 65.6 Å². The minimum absolute atomic E-state index is 0.173. The number of rotatable bonds is 4. The molecular weight excluding hydrogens is 248 g/mol. The molecule has 0 aromatic carbocycles. The molecule has 2 N–H and O–H groups in total. The van der Waals surface area contributed by atoms with Gasteiger partial charge in [0.1, 0.15) is 0 Å². The molecule has 7 heteroatoms. The summed E-state index contributed by atoms with van der Waals surface area (Å²) in [7, 11) is 0. The number of nitrogens with zero attached hydrogens (tertiary/aromatic N) is 3. The van der Waals surface area contributed by atoms with Crippen LogP contribution in [-0.2, 0) is 14.3 Å². The lowest BCUT2D eigenvalue weighted by Crippen LogP contribution is -2.52. The molecule has 0 atom stereocenters. The lowest BCUT2D eigenvalue weighted by Gasteiger charge is -2.35. The number of amides is 2. The second-order valence-electron chi connectivity index (χ2n) is 5.01. The molecule has 2 aliphatic heterocycles. The largest absolute Gasteiger partial charge is 0.378 e. The Labute approximate surface area is 113 Å². The van der Waals surface area contributed by atoms with E-state index in [4.69, 9.17) is 10.5 Å². The Balaban J connectivity index is 1.69. The van der Waals surface area contributed by atoms with E-state index in [9.17, 15) is 9.59 Å². The maximum atomic E-state index is 12.1. The first-order valence-corrected chi connectivity index (χ1v) is 6.73. The molecule has 2 rings (SSSR count). The van der Waals surface area contributed by atoms with Gasteiger partial charge in [0.2, 0.25) is 11.8 Å². The van der Waals surface area contributed by atoms with Crippen molar-refractivity contribution in [2.24, 2.45) is 5.73 Å². The van der Waals surface area contributed by atoms with Crippen molar-refractivity contribution in [3.05, 3.63) is 0 Å². The van der Waals surface area contributed by atoms with Crippen LogP contribution in [-0.4, -0.2) is 92.1 Å². The van der Waals surface area contributed by atoms with Gasteiger partial charge < -0.3 is 15.4 Å². The Morgan fingerprint density at radius 1 is 0.895 bits per heavy atom. The van der Waals surface area contributed by atoms with Crippen LogP contribution in [0.3, 0.4) is 0 Å². The van der Waals surface area contributed by atoms with E-state index in [1.165, 1.54) is 0 Å². The molecule has 2 heterocycles. The first kappa shape index (κ1) is 14.2. The maximum absolute atomic E-state index is 12.1. The molecule has 2 aliphatic rings. The number of primary amides is 1. The summed E-state index contributed by atoms with van der Waals surface area (Å²) >= 11 is 0. The van der Waals surface area contributed by atoms with Gasteiger partial charge in [0.05, 0.1) is 26.3 Å². The number of carbonyl (C=O) groups excluding carboxylic acids is 2. The maximum Gasteiger partial charge on any atom is 0.236 e. The van der Waals surface area contributed by atoms with E-state index in [1.54, 1.807) is 0 Å². The minimum atomic E-state index is -0.294. The van der Waals surface area contributed by atoms with E-state index in [2.05, 4.69) is 4.90 Å².